The molecule has 6 nitrogen and oxygen atoms in total. The van der Waals surface area contributed by atoms with Crippen LogP contribution in [-0.4, -0.2) is 51.4 Å². The van der Waals surface area contributed by atoms with E-state index in [1.807, 2.05) is 30.2 Å². The Morgan fingerprint density at radius 2 is 1.88 bits per heavy atom. The van der Waals surface area contributed by atoms with Gasteiger partial charge in [-0.25, -0.2) is 9.97 Å². The van der Waals surface area contributed by atoms with Gasteiger partial charge in [-0.2, -0.15) is 0 Å². The average molecular weight is 337 g/mol. The first kappa shape index (κ1) is 16.0. The third-order valence-corrected chi connectivity index (χ3v) is 5.38. The SMILES string of the molecule is Cc1cnc(C(=O)N2CC[C@@H]3CCN(c4ccccn4)[C@@H]3CC2)cn1. The van der Waals surface area contributed by atoms with Gasteiger partial charge >= 0.3 is 0 Å². The van der Waals surface area contributed by atoms with Crippen LogP contribution < -0.4 is 4.90 Å². The summed E-state index contributed by atoms with van der Waals surface area (Å²) < 4.78 is 0. The Morgan fingerprint density at radius 1 is 1.04 bits per heavy atom. The molecule has 0 bridgehead atoms. The van der Waals surface area contributed by atoms with Crippen molar-refractivity contribution in [2.75, 3.05) is 24.5 Å². The maximum Gasteiger partial charge on any atom is 0.274 e. The van der Waals surface area contributed by atoms with Crippen molar-refractivity contribution in [3.63, 3.8) is 0 Å². The molecule has 2 atom stereocenters. The molecule has 130 valence electrons. The highest BCUT2D eigenvalue weighted by Crippen LogP contribution is 2.34. The second-order valence-corrected chi connectivity index (χ2v) is 6.91. The predicted molar refractivity (Wildman–Crippen MR) is 95.4 cm³/mol. The Kier molecular flexibility index (Phi) is 4.34. The van der Waals surface area contributed by atoms with Crippen LogP contribution in [-0.2, 0) is 0 Å². The molecule has 0 unspecified atom stereocenters. The van der Waals surface area contributed by atoms with Gasteiger partial charge < -0.3 is 9.80 Å². The Hall–Kier alpha value is -2.50. The van der Waals surface area contributed by atoms with Crippen molar-refractivity contribution >= 4 is 11.7 Å². The number of rotatable bonds is 2. The van der Waals surface area contributed by atoms with Crippen LogP contribution in [0.5, 0.6) is 0 Å². The van der Waals surface area contributed by atoms with Crippen molar-refractivity contribution in [2.24, 2.45) is 5.92 Å². The van der Waals surface area contributed by atoms with Crippen LogP contribution in [0, 0.1) is 12.8 Å². The van der Waals surface area contributed by atoms with Crippen LogP contribution >= 0.6 is 0 Å². The minimum atomic E-state index is -0.00291. The molecule has 2 aliphatic heterocycles. The third kappa shape index (κ3) is 3.21. The number of aryl methyl sites for hydroxylation is 1. The van der Waals surface area contributed by atoms with Gasteiger partial charge in [0.05, 0.1) is 11.9 Å². The molecule has 2 aromatic rings. The summed E-state index contributed by atoms with van der Waals surface area (Å²) in [5.74, 6) is 1.68. The van der Waals surface area contributed by atoms with Gasteiger partial charge in [0.15, 0.2) is 0 Å². The standard InChI is InChI=1S/C19H23N5O/c1-14-12-22-16(13-21-14)19(25)23-9-5-15-6-11-24(17(15)7-10-23)18-4-2-3-8-20-18/h2-4,8,12-13,15,17H,5-7,9-11H2,1H3/t15-,17-/m1/s1. The number of anilines is 1. The van der Waals surface area contributed by atoms with Crippen LogP contribution in [0.3, 0.4) is 0 Å². The number of nitrogens with zero attached hydrogens (tertiary/aromatic N) is 5. The molecule has 6 heteroatoms. The van der Waals surface area contributed by atoms with Gasteiger partial charge in [-0.3, -0.25) is 9.78 Å². The number of pyridine rings is 1. The first-order chi connectivity index (χ1) is 12.2. The molecule has 2 aliphatic rings. The number of amides is 1. The quantitative estimate of drug-likeness (QED) is 0.841. The molecule has 0 spiro atoms. The Labute approximate surface area is 147 Å². The van der Waals surface area contributed by atoms with E-state index in [0.717, 1.165) is 44.0 Å². The first-order valence-electron chi connectivity index (χ1n) is 8.98. The minimum absolute atomic E-state index is 0.00291. The van der Waals surface area contributed by atoms with E-state index in [4.69, 9.17) is 0 Å². The zero-order valence-electron chi connectivity index (χ0n) is 14.5. The monoisotopic (exact) mass is 337 g/mol. The number of fused-ring (bicyclic) bond motifs is 1. The molecule has 25 heavy (non-hydrogen) atoms. The third-order valence-electron chi connectivity index (χ3n) is 5.38. The number of likely N-dealkylation sites (tertiary alicyclic amines) is 1. The highest BCUT2D eigenvalue weighted by molar-refractivity contribution is 5.92. The highest BCUT2D eigenvalue weighted by Gasteiger charge is 2.37. The van der Waals surface area contributed by atoms with Crippen LogP contribution in [0.15, 0.2) is 36.8 Å². The van der Waals surface area contributed by atoms with Crippen molar-refractivity contribution < 1.29 is 4.79 Å². The van der Waals surface area contributed by atoms with Gasteiger partial charge in [0.25, 0.3) is 5.91 Å². The van der Waals surface area contributed by atoms with Gasteiger partial charge in [-0.15, -0.1) is 0 Å². The van der Waals surface area contributed by atoms with E-state index in [2.05, 4.69) is 25.9 Å². The fourth-order valence-electron chi connectivity index (χ4n) is 4.04. The first-order valence-corrected chi connectivity index (χ1v) is 8.98. The predicted octanol–water partition coefficient (Wildman–Crippen LogP) is 2.31. The second-order valence-electron chi connectivity index (χ2n) is 6.91. The molecule has 0 saturated carbocycles. The van der Waals surface area contributed by atoms with E-state index in [1.54, 1.807) is 12.4 Å². The van der Waals surface area contributed by atoms with Crippen LogP contribution in [0.4, 0.5) is 5.82 Å². The summed E-state index contributed by atoms with van der Waals surface area (Å²) in [6, 6.07) is 6.54. The number of hydrogen-bond donors (Lipinski definition) is 0. The van der Waals surface area contributed by atoms with E-state index in [0.29, 0.717) is 17.7 Å². The van der Waals surface area contributed by atoms with Gasteiger partial charge in [0.2, 0.25) is 0 Å². The molecule has 2 aromatic heterocycles. The molecular weight excluding hydrogens is 314 g/mol. The van der Waals surface area contributed by atoms with Crippen molar-refractivity contribution in [3.8, 4) is 0 Å². The van der Waals surface area contributed by atoms with E-state index in [1.165, 1.54) is 6.42 Å². The van der Waals surface area contributed by atoms with Gasteiger partial charge in [-0.1, -0.05) is 6.07 Å². The summed E-state index contributed by atoms with van der Waals surface area (Å²) in [5, 5.41) is 0. The summed E-state index contributed by atoms with van der Waals surface area (Å²) >= 11 is 0. The van der Waals surface area contributed by atoms with E-state index in [9.17, 15) is 4.79 Å². The maximum absolute atomic E-state index is 12.7. The molecule has 2 fully saturated rings. The Balaban J connectivity index is 1.47. The van der Waals surface area contributed by atoms with Crippen LogP contribution in [0.2, 0.25) is 0 Å². The number of carbonyl (C=O) groups excluding carboxylic acids is 1. The van der Waals surface area contributed by atoms with Gasteiger partial charge in [0, 0.05) is 38.1 Å². The molecule has 0 radical (unpaired) electrons. The molecule has 0 aromatic carbocycles. The maximum atomic E-state index is 12.7. The normalized spacial score (nSPS) is 23.2. The summed E-state index contributed by atoms with van der Waals surface area (Å²) in [6.45, 7) is 4.49. The summed E-state index contributed by atoms with van der Waals surface area (Å²) in [4.78, 5) is 30.1. The lowest BCUT2D eigenvalue weighted by Gasteiger charge is -2.28. The molecular formula is C19H23N5O. The van der Waals surface area contributed by atoms with Crippen LogP contribution in [0.1, 0.15) is 35.4 Å². The van der Waals surface area contributed by atoms with E-state index in [-0.39, 0.29) is 5.91 Å². The number of hydrogen-bond acceptors (Lipinski definition) is 5. The molecule has 0 N–H and O–H groups in total. The molecule has 0 aliphatic carbocycles. The van der Waals surface area contributed by atoms with Crippen molar-refractivity contribution in [3.05, 3.63) is 48.2 Å². The van der Waals surface area contributed by atoms with Crippen molar-refractivity contribution in [1.29, 1.82) is 0 Å². The van der Waals surface area contributed by atoms with E-state index >= 15 is 0 Å². The Bertz CT molecular complexity index is 733. The number of carbonyl (C=O) groups is 1. The van der Waals surface area contributed by atoms with Crippen molar-refractivity contribution in [1.82, 2.24) is 19.9 Å². The average Bonchev–Trinajstić information content (AvgIpc) is 2.94. The molecule has 4 rings (SSSR count). The fraction of sp³-hybridized carbons (Fsp3) is 0.474. The topological polar surface area (TPSA) is 62.2 Å². The number of aromatic nitrogens is 3. The van der Waals surface area contributed by atoms with Crippen LogP contribution in [0.25, 0.3) is 0 Å². The van der Waals surface area contributed by atoms with Gasteiger partial charge in [0.1, 0.15) is 11.5 Å². The lowest BCUT2D eigenvalue weighted by molar-refractivity contribution is 0.0752. The van der Waals surface area contributed by atoms with Gasteiger partial charge in [-0.05, 0) is 44.2 Å². The summed E-state index contributed by atoms with van der Waals surface area (Å²) in [5.41, 5.74) is 1.27. The lowest BCUT2D eigenvalue weighted by Crippen LogP contribution is -2.36. The fourth-order valence-corrected chi connectivity index (χ4v) is 4.04. The molecule has 4 heterocycles. The minimum Gasteiger partial charge on any atom is -0.353 e. The summed E-state index contributed by atoms with van der Waals surface area (Å²) in [7, 11) is 0. The summed E-state index contributed by atoms with van der Waals surface area (Å²) in [6.07, 6.45) is 8.29. The highest BCUT2D eigenvalue weighted by atomic mass is 16.2. The molecule has 1 amide bonds. The Morgan fingerprint density at radius 3 is 2.64 bits per heavy atom. The van der Waals surface area contributed by atoms with E-state index < -0.39 is 0 Å². The second kappa shape index (κ2) is 6.78. The zero-order chi connectivity index (χ0) is 17.2. The van der Waals surface area contributed by atoms with Crippen molar-refractivity contribution in [2.45, 2.75) is 32.2 Å². The lowest BCUT2D eigenvalue weighted by atomic mass is 9.96. The largest absolute Gasteiger partial charge is 0.353 e. The molecule has 2 saturated heterocycles. The smallest absolute Gasteiger partial charge is 0.274 e. The zero-order valence-corrected chi connectivity index (χ0v) is 14.5.